The Bertz CT molecular complexity index is 892. The van der Waals surface area contributed by atoms with Crippen LogP contribution in [0.5, 0.6) is 5.75 Å². The molecule has 0 N–H and O–H groups in total. The molecule has 1 aromatic carbocycles. The zero-order chi connectivity index (χ0) is 16.8. The molecule has 0 saturated heterocycles. The van der Waals surface area contributed by atoms with Crippen molar-refractivity contribution in [2.24, 2.45) is 0 Å². The largest absolute Gasteiger partial charge is 0.573 e. The molecule has 3 aromatic rings. The number of nitrogens with zero attached hydrogens (tertiary/aromatic N) is 4. The summed E-state index contributed by atoms with van der Waals surface area (Å²) in [5, 5.41) is 0.176. The Morgan fingerprint density at radius 2 is 1.87 bits per heavy atom. The van der Waals surface area contributed by atoms with Crippen molar-refractivity contribution < 1.29 is 17.9 Å². The molecule has 0 saturated carbocycles. The summed E-state index contributed by atoms with van der Waals surface area (Å²) in [5.74, 6) is 0.646. The van der Waals surface area contributed by atoms with Gasteiger partial charge in [0.25, 0.3) is 0 Å². The fraction of sp³-hybridized carbons (Fsp3) is 0.214. The molecule has 0 atom stereocenters. The first-order chi connectivity index (χ1) is 10.7. The Balaban J connectivity index is 2.17. The van der Waals surface area contributed by atoms with Crippen LogP contribution in [0.1, 0.15) is 11.6 Å². The van der Waals surface area contributed by atoms with Crippen LogP contribution < -0.4 is 4.74 Å². The lowest BCUT2D eigenvalue weighted by atomic mass is 10.3. The summed E-state index contributed by atoms with van der Waals surface area (Å²) >= 11 is 6.15. The van der Waals surface area contributed by atoms with Gasteiger partial charge in [-0.15, -0.1) is 13.2 Å². The van der Waals surface area contributed by atoms with Crippen molar-refractivity contribution in [1.29, 1.82) is 0 Å². The number of ether oxygens (including phenoxy) is 1. The molecule has 0 aliphatic heterocycles. The lowest BCUT2D eigenvalue weighted by Gasteiger charge is -2.12. The SMILES string of the molecule is Cc1nc(Cl)c2c(n1)nc(C)n2-c1cccc(OC(F)(F)F)c1. The van der Waals surface area contributed by atoms with Gasteiger partial charge in [-0.3, -0.25) is 4.57 Å². The molecule has 120 valence electrons. The van der Waals surface area contributed by atoms with Crippen LogP contribution >= 0.6 is 11.6 Å². The summed E-state index contributed by atoms with van der Waals surface area (Å²) in [6.45, 7) is 3.38. The van der Waals surface area contributed by atoms with Crippen LogP contribution in [0, 0.1) is 13.8 Å². The van der Waals surface area contributed by atoms with E-state index in [1.54, 1.807) is 24.5 Å². The minimum Gasteiger partial charge on any atom is -0.406 e. The van der Waals surface area contributed by atoms with Crippen molar-refractivity contribution in [1.82, 2.24) is 19.5 Å². The van der Waals surface area contributed by atoms with Gasteiger partial charge in [0.15, 0.2) is 10.8 Å². The highest BCUT2D eigenvalue weighted by atomic mass is 35.5. The fourth-order valence-electron chi connectivity index (χ4n) is 2.29. The molecule has 2 aromatic heterocycles. The van der Waals surface area contributed by atoms with E-state index in [2.05, 4.69) is 19.7 Å². The number of rotatable bonds is 2. The van der Waals surface area contributed by atoms with E-state index in [-0.39, 0.29) is 10.9 Å². The summed E-state index contributed by atoms with van der Waals surface area (Å²) in [5.41, 5.74) is 1.22. The van der Waals surface area contributed by atoms with Crippen molar-refractivity contribution >= 4 is 22.8 Å². The molecule has 9 heteroatoms. The van der Waals surface area contributed by atoms with Gasteiger partial charge < -0.3 is 4.74 Å². The van der Waals surface area contributed by atoms with Gasteiger partial charge in [-0.25, -0.2) is 15.0 Å². The minimum atomic E-state index is -4.76. The maximum Gasteiger partial charge on any atom is 0.573 e. The van der Waals surface area contributed by atoms with E-state index in [1.165, 1.54) is 18.2 Å². The predicted molar refractivity (Wildman–Crippen MR) is 77.8 cm³/mol. The number of aryl methyl sites for hydroxylation is 2. The number of imidazole rings is 1. The molecule has 3 rings (SSSR count). The second-order valence-corrected chi connectivity index (χ2v) is 5.13. The average Bonchev–Trinajstić information content (AvgIpc) is 2.73. The van der Waals surface area contributed by atoms with Crippen molar-refractivity contribution in [2.45, 2.75) is 20.2 Å². The van der Waals surface area contributed by atoms with Crippen molar-refractivity contribution in [3.05, 3.63) is 41.1 Å². The van der Waals surface area contributed by atoms with Gasteiger partial charge in [0.2, 0.25) is 0 Å². The van der Waals surface area contributed by atoms with E-state index in [1.807, 2.05) is 0 Å². The monoisotopic (exact) mass is 342 g/mol. The number of fused-ring (bicyclic) bond motifs is 1. The number of hydrogen-bond acceptors (Lipinski definition) is 4. The molecule has 0 spiro atoms. The molecule has 0 unspecified atom stereocenters. The van der Waals surface area contributed by atoms with E-state index in [0.29, 0.717) is 28.5 Å². The summed E-state index contributed by atoms with van der Waals surface area (Å²) in [7, 11) is 0. The van der Waals surface area contributed by atoms with E-state index in [4.69, 9.17) is 11.6 Å². The van der Waals surface area contributed by atoms with Crippen LogP contribution in [0.2, 0.25) is 5.15 Å². The Morgan fingerprint density at radius 3 is 2.57 bits per heavy atom. The fourth-order valence-corrected chi connectivity index (χ4v) is 2.58. The topological polar surface area (TPSA) is 52.8 Å². The Labute approximate surface area is 133 Å². The third-order valence-electron chi connectivity index (χ3n) is 3.06. The Hall–Kier alpha value is -2.35. The number of aromatic nitrogens is 4. The van der Waals surface area contributed by atoms with Crippen LogP contribution in [-0.4, -0.2) is 25.9 Å². The maximum absolute atomic E-state index is 12.4. The molecule has 0 amide bonds. The first-order valence-electron chi connectivity index (χ1n) is 6.50. The Morgan fingerprint density at radius 1 is 1.13 bits per heavy atom. The summed E-state index contributed by atoms with van der Waals surface area (Å²) < 4.78 is 42.6. The average molecular weight is 343 g/mol. The summed E-state index contributed by atoms with van der Waals surface area (Å²) in [6.07, 6.45) is -4.76. The molecule has 0 aliphatic rings. The van der Waals surface area contributed by atoms with Crippen molar-refractivity contribution in [2.75, 3.05) is 0 Å². The van der Waals surface area contributed by atoms with E-state index in [0.717, 1.165) is 0 Å². The first kappa shape index (κ1) is 15.5. The van der Waals surface area contributed by atoms with Gasteiger partial charge >= 0.3 is 6.36 Å². The van der Waals surface area contributed by atoms with E-state index in [9.17, 15) is 13.2 Å². The maximum atomic E-state index is 12.4. The Kier molecular flexibility index (Phi) is 3.63. The standard InChI is InChI=1S/C14H10ClF3N4O/c1-7-19-12(15)11-13(20-7)21-8(2)22(11)9-4-3-5-10(6-9)23-14(16,17)18/h3-6H,1-2H3. The van der Waals surface area contributed by atoms with Gasteiger partial charge in [0.1, 0.15) is 22.9 Å². The smallest absolute Gasteiger partial charge is 0.406 e. The molecular formula is C14H10ClF3N4O. The first-order valence-corrected chi connectivity index (χ1v) is 6.88. The molecule has 2 heterocycles. The molecule has 0 fully saturated rings. The van der Waals surface area contributed by atoms with Gasteiger partial charge in [0.05, 0.1) is 5.69 Å². The third kappa shape index (κ3) is 3.07. The zero-order valence-electron chi connectivity index (χ0n) is 12.0. The third-order valence-corrected chi connectivity index (χ3v) is 3.32. The quantitative estimate of drug-likeness (QED) is 0.661. The molecule has 5 nitrogen and oxygen atoms in total. The van der Waals surface area contributed by atoms with Gasteiger partial charge in [-0.1, -0.05) is 17.7 Å². The molecule has 0 aliphatic carbocycles. The highest BCUT2D eigenvalue weighted by Gasteiger charge is 2.31. The van der Waals surface area contributed by atoms with Crippen molar-refractivity contribution in [3.63, 3.8) is 0 Å². The minimum absolute atomic E-state index is 0.176. The van der Waals surface area contributed by atoms with Gasteiger partial charge in [-0.2, -0.15) is 0 Å². The molecule has 0 bridgehead atoms. The molecule has 0 radical (unpaired) electrons. The van der Waals surface area contributed by atoms with E-state index < -0.39 is 6.36 Å². The zero-order valence-corrected chi connectivity index (χ0v) is 12.8. The molecule has 23 heavy (non-hydrogen) atoms. The molecular weight excluding hydrogens is 333 g/mol. The van der Waals surface area contributed by atoms with Gasteiger partial charge in [0, 0.05) is 6.07 Å². The highest BCUT2D eigenvalue weighted by Crippen LogP contribution is 2.29. The number of hydrogen-bond donors (Lipinski definition) is 0. The summed E-state index contributed by atoms with van der Waals surface area (Å²) in [4.78, 5) is 12.5. The normalized spacial score (nSPS) is 11.9. The number of alkyl halides is 3. The van der Waals surface area contributed by atoms with Crippen LogP contribution in [0.15, 0.2) is 24.3 Å². The second kappa shape index (κ2) is 5.38. The van der Waals surface area contributed by atoms with E-state index >= 15 is 0 Å². The number of halogens is 4. The van der Waals surface area contributed by atoms with Crippen molar-refractivity contribution in [3.8, 4) is 11.4 Å². The lowest BCUT2D eigenvalue weighted by molar-refractivity contribution is -0.274. The van der Waals surface area contributed by atoms with Crippen LogP contribution in [0.3, 0.4) is 0 Å². The highest BCUT2D eigenvalue weighted by molar-refractivity contribution is 6.33. The van der Waals surface area contributed by atoms with Crippen LogP contribution in [0.4, 0.5) is 13.2 Å². The van der Waals surface area contributed by atoms with Crippen LogP contribution in [0.25, 0.3) is 16.9 Å². The summed E-state index contributed by atoms with van der Waals surface area (Å²) in [6, 6.07) is 5.53. The second-order valence-electron chi connectivity index (χ2n) is 4.77. The lowest BCUT2D eigenvalue weighted by Crippen LogP contribution is -2.17. The van der Waals surface area contributed by atoms with Crippen LogP contribution in [-0.2, 0) is 0 Å². The number of benzene rings is 1. The predicted octanol–water partition coefficient (Wildman–Crippen LogP) is 3.98. The van der Waals surface area contributed by atoms with Gasteiger partial charge in [-0.05, 0) is 26.0 Å².